The van der Waals surface area contributed by atoms with E-state index in [1.807, 2.05) is 23.1 Å². The Kier molecular flexibility index (Phi) is 4.18. The molecule has 1 aliphatic rings. The van der Waals surface area contributed by atoms with Gasteiger partial charge in [0.15, 0.2) is 0 Å². The summed E-state index contributed by atoms with van der Waals surface area (Å²) in [5.41, 5.74) is 4.59. The minimum absolute atomic E-state index is 0.150. The molecule has 0 saturated heterocycles. The van der Waals surface area contributed by atoms with E-state index in [2.05, 4.69) is 47.8 Å². The Bertz CT molecular complexity index is 854. The van der Waals surface area contributed by atoms with Crippen molar-refractivity contribution >= 4 is 17.2 Å². The number of hydrogen-bond donors (Lipinski definition) is 0. The molecule has 0 atom stereocenters. The molecule has 2 heterocycles. The van der Waals surface area contributed by atoms with Crippen molar-refractivity contribution < 1.29 is 4.79 Å². The van der Waals surface area contributed by atoms with Gasteiger partial charge in [0.05, 0.1) is 0 Å². The first-order valence-corrected chi connectivity index (χ1v) is 9.15. The van der Waals surface area contributed by atoms with Crippen LogP contribution in [0, 0.1) is 0 Å². The highest BCUT2D eigenvalue weighted by atomic mass is 32.1. The van der Waals surface area contributed by atoms with Gasteiger partial charge in [-0.3, -0.25) is 4.79 Å². The lowest BCUT2D eigenvalue weighted by Crippen LogP contribution is -2.36. The minimum atomic E-state index is 0.150. The van der Waals surface area contributed by atoms with Crippen molar-refractivity contribution in [3.8, 4) is 0 Å². The number of carbonyl (C=O) groups is 1. The zero-order chi connectivity index (χ0) is 16.4. The predicted molar refractivity (Wildman–Crippen MR) is 98.5 cm³/mol. The summed E-state index contributed by atoms with van der Waals surface area (Å²) in [6.07, 6.45) is 1.76. The van der Waals surface area contributed by atoms with Gasteiger partial charge in [0.25, 0.3) is 5.91 Å². The smallest absolute Gasteiger partial charge is 0.254 e. The van der Waals surface area contributed by atoms with Crippen LogP contribution in [0.2, 0.25) is 0 Å². The molecule has 2 aromatic carbocycles. The maximum absolute atomic E-state index is 13.1. The number of rotatable bonds is 3. The summed E-state index contributed by atoms with van der Waals surface area (Å²) in [5.74, 6) is 0.150. The summed E-state index contributed by atoms with van der Waals surface area (Å²) >= 11 is 1.74. The molecule has 3 heteroatoms. The van der Waals surface area contributed by atoms with Crippen LogP contribution < -0.4 is 0 Å². The summed E-state index contributed by atoms with van der Waals surface area (Å²) in [5, 5.41) is 2.08. The van der Waals surface area contributed by atoms with Crippen molar-refractivity contribution in [2.45, 2.75) is 19.4 Å². The lowest BCUT2D eigenvalue weighted by Gasteiger charge is -2.29. The van der Waals surface area contributed by atoms with Crippen LogP contribution in [0.5, 0.6) is 0 Å². The number of benzene rings is 2. The summed E-state index contributed by atoms with van der Waals surface area (Å²) in [6, 6.07) is 20.6. The maximum Gasteiger partial charge on any atom is 0.254 e. The van der Waals surface area contributed by atoms with Gasteiger partial charge in [-0.2, -0.15) is 0 Å². The molecule has 3 aromatic rings. The van der Waals surface area contributed by atoms with E-state index in [0.717, 1.165) is 30.5 Å². The van der Waals surface area contributed by atoms with Gasteiger partial charge in [0, 0.05) is 30.0 Å². The number of carbonyl (C=O) groups excluding carboxylic acids is 1. The fourth-order valence-corrected chi connectivity index (χ4v) is 4.05. The highest BCUT2D eigenvalue weighted by Gasteiger charge is 2.23. The standard InChI is InChI=1S/C21H19NOS/c23-21(22-12-11-16-6-1-2-8-18(16)15-22)20-10-4-3-7-17(20)14-19-9-5-13-24-19/h1-10,13H,11-12,14-15H2. The van der Waals surface area contributed by atoms with Gasteiger partial charge in [-0.25, -0.2) is 0 Å². The van der Waals surface area contributed by atoms with Crippen molar-refractivity contribution in [1.29, 1.82) is 0 Å². The third-order valence-corrected chi connectivity index (χ3v) is 5.49. The fourth-order valence-electron chi connectivity index (χ4n) is 3.32. The zero-order valence-electron chi connectivity index (χ0n) is 13.4. The number of nitrogens with zero attached hydrogens (tertiary/aromatic N) is 1. The molecular weight excluding hydrogens is 314 g/mol. The number of thiophene rings is 1. The Morgan fingerprint density at radius 1 is 0.958 bits per heavy atom. The molecule has 120 valence electrons. The largest absolute Gasteiger partial charge is 0.334 e. The number of fused-ring (bicyclic) bond motifs is 1. The van der Waals surface area contributed by atoms with Crippen LogP contribution in [0.15, 0.2) is 66.0 Å². The molecule has 1 aromatic heterocycles. The van der Waals surface area contributed by atoms with Crippen LogP contribution in [0.4, 0.5) is 0 Å². The van der Waals surface area contributed by atoms with E-state index in [0.29, 0.717) is 6.54 Å². The second kappa shape index (κ2) is 6.62. The minimum Gasteiger partial charge on any atom is -0.334 e. The van der Waals surface area contributed by atoms with Crippen molar-refractivity contribution in [2.75, 3.05) is 6.54 Å². The second-order valence-corrected chi connectivity index (χ2v) is 7.19. The van der Waals surface area contributed by atoms with E-state index < -0.39 is 0 Å². The van der Waals surface area contributed by atoms with E-state index >= 15 is 0 Å². The fraction of sp³-hybridized carbons (Fsp3) is 0.190. The van der Waals surface area contributed by atoms with Gasteiger partial charge in [-0.1, -0.05) is 48.5 Å². The normalized spacial score (nSPS) is 13.6. The molecule has 2 nitrogen and oxygen atoms in total. The molecular formula is C21H19NOS. The first kappa shape index (κ1) is 15.2. The van der Waals surface area contributed by atoms with Gasteiger partial charge in [0.1, 0.15) is 0 Å². The van der Waals surface area contributed by atoms with Crippen LogP contribution >= 0.6 is 11.3 Å². The van der Waals surface area contributed by atoms with Crippen molar-refractivity contribution in [1.82, 2.24) is 4.90 Å². The number of amides is 1. The highest BCUT2D eigenvalue weighted by Crippen LogP contribution is 2.23. The van der Waals surface area contributed by atoms with E-state index in [-0.39, 0.29) is 5.91 Å². The number of hydrogen-bond acceptors (Lipinski definition) is 2. The summed E-state index contributed by atoms with van der Waals surface area (Å²) in [7, 11) is 0. The van der Waals surface area contributed by atoms with Gasteiger partial charge < -0.3 is 4.90 Å². The van der Waals surface area contributed by atoms with Gasteiger partial charge >= 0.3 is 0 Å². The van der Waals surface area contributed by atoms with E-state index in [9.17, 15) is 4.79 Å². The van der Waals surface area contributed by atoms with Gasteiger partial charge in [-0.15, -0.1) is 11.3 Å². The van der Waals surface area contributed by atoms with Crippen molar-refractivity contribution in [2.24, 2.45) is 0 Å². The first-order chi connectivity index (χ1) is 11.8. The Hall–Kier alpha value is -2.39. The Balaban J connectivity index is 1.59. The predicted octanol–water partition coefficient (Wildman–Crippen LogP) is 4.54. The molecule has 0 unspecified atom stereocenters. The molecule has 0 N–H and O–H groups in total. The van der Waals surface area contributed by atoms with Crippen LogP contribution in [-0.4, -0.2) is 17.4 Å². The quantitative estimate of drug-likeness (QED) is 0.689. The van der Waals surface area contributed by atoms with Crippen molar-refractivity contribution in [3.63, 3.8) is 0 Å². The molecule has 0 fully saturated rings. The molecule has 0 spiro atoms. The topological polar surface area (TPSA) is 20.3 Å². The van der Waals surface area contributed by atoms with Crippen LogP contribution in [-0.2, 0) is 19.4 Å². The van der Waals surface area contributed by atoms with E-state index in [1.54, 1.807) is 11.3 Å². The third kappa shape index (κ3) is 3.00. The summed E-state index contributed by atoms with van der Waals surface area (Å²) in [4.78, 5) is 16.4. The second-order valence-electron chi connectivity index (χ2n) is 6.16. The Labute approximate surface area is 146 Å². The van der Waals surface area contributed by atoms with E-state index in [4.69, 9.17) is 0 Å². The van der Waals surface area contributed by atoms with Gasteiger partial charge in [-0.05, 0) is 40.6 Å². The maximum atomic E-state index is 13.1. The van der Waals surface area contributed by atoms with Gasteiger partial charge in [0.2, 0.25) is 0 Å². The molecule has 4 rings (SSSR count). The average Bonchev–Trinajstić information content (AvgIpc) is 3.14. The summed E-state index contributed by atoms with van der Waals surface area (Å²) in [6.45, 7) is 1.51. The SMILES string of the molecule is O=C(c1ccccc1Cc1cccs1)N1CCc2ccccc2C1. The van der Waals surface area contributed by atoms with Crippen molar-refractivity contribution in [3.05, 3.63) is 93.2 Å². The highest BCUT2D eigenvalue weighted by molar-refractivity contribution is 7.09. The lowest BCUT2D eigenvalue weighted by atomic mass is 9.97. The van der Waals surface area contributed by atoms with Crippen LogP contribution in [0.25, 0.3) is 0 Å². The van der Waals surface area contributed by atoms with E-state index in [1.165, 1.54) is 16.0 Å². The molecule has 0 aliphatic carbocycles. The Morgan fingerprint density at radius 3 is 2.58 bits per heavy atom. The third-order valence-electron chi connectivity index (χ3n) is 4.61. The average molecular weight is 333 g/mol. The molecule has 0 bridgehead atoms. The van der Waals surface area contributed by atoms with Crippen LogP contribution in [0.3, 0.4) is 0 Å². The monoisotopic (exact) mass is 333 g/mol. The molecule has 1 amide bonds. The lowest BCUT2D eigenvalue weighted by molar-refractivity contribution is 0.0734. The molecule has 0 radical (unpaired) electrons. The molecule has 1 aliphatic heterocycles. The van der Waals surface area contributed by atoms with Crippen LogP contribution in [0.1, 0.15) is 31.9 Å². The zero-order valence-corrected chi connectivity index (χ0v) is 14.3. The first-order valence-electron chi connectivity index (χ1n) is 8.27. The molecule has 24 heavy (non-hydrogen) atoms. The molecule has 0 saturated carbocycles. The summed E-state index contributed by atoms with van der Waals surface area (Å²) < 4.78 is 0. The Morgan fingerprint density at radius 2 is 1.75 bits per heavy atom.